The minimum atomic E-state index is -0.261. The van der Waals surface area contributed by atoms with Gasteiger partial charge in [0.1, 0.15) is 6.54 Å². The molecule has 2 aromatic heterocycles. The Morgan fingerprint density at radius 3 is 2.96 bits per heavy atom. The van der Waals surface area contributed by atoms with Gasteiger partial charge in [-0.15, -0.1) is 0 Å². The molecule has 1 aromatic carbocycles. The molecule has 1 amide bonds. The Kier molecular flexibility index (Phi) is 4.16. The van der Waals surface area contributed by atoms with E-state index in [9.17, 15) is 4.79 Å². The van der Waals surface area contributed by atoms with Crippen molar-refractivity contribution >= 4 is 34.6 Å². The lowest BCUT2D eigenvalue weighted by molar-refractivity contribution is -0.121. The number of benzene rings is 1. The molecule has 0 fully saturated rings. The summed E-state index contributed by atoms with van der Waals surface area (Å²) < 4.78 is 1.56. The molecule has 0 aliphatic carbocycles. The van der Waals surface area contributed by atoms with Crippen LogP contribution in [0.5, 0.6) is 0 Å². The van der Waals surface area contributed by atoms with Gasteiger partial charge < -0.3 is 4.98 Å². The summed E-state index contributed by atoms with van der Waals surface area (Å²) in [6, 6.07) is 7.89. The highest BCUT2D eigenvalue weighted by Gasteiger charge is 2.11. The Labute approximate surface area is 138 Å². The van der Waals surface area contributed by atoms with E-state index in [1.165, 1.54) is 0 Å². The summed E-state index contributed by atoms with van der Waals surface area (Å²) in [5, 5.41) is 9.85. The van der Waals surface area contributed by atoms with Crippen LogP contribution in [-0.4, -0.2) is 26.9 Å². The van der Waals surface area contributed by atoms with Crippen LogP contribution in [0, 0.1) is 13.8 Å². The fourth-order valence-electron chi connectivity index (χ4n) is 2.37. The van der Waals surface area contributed by atoms with E-state index < -0.39 is 0 Å². The number of aryl methyl sites for hydroxylation is 1. The molecule has 2 N–H and O–H groups in total. The van der Waals surface area contributed by atoms with Gasteiger partial charge in [-0.3, -0.25) is 9.48 Å². The number of carbonyl (C=O) groups is 1. The highest BCUT2D eigenvalue weighted by atomic mass is 35.5. The molecular formula is C16H16ClN5O. The van der Waals surface area contributed by atoms with Gasteiger partial charge in [0.2, 0.25) is 0 Å². The maximum Gasteiger partial charge on any atom is 0.261 e. The summed E-state index contributed by atoms with van der Waals surface area (Å²) in [7, 11) is 0. The predicted octanol–water partition coefficient (Wildman–Crippen LogP) is 2.78. The summed E-state index contributed by atoms with van der Waals surface area (Å²) in [5.41, 5.74) is 5.91. The number of hydrogen-bond donors (Lipinski definition) is 2. The lowest BCUT2D eigenvalue weighted by atomic mass is 10.2. The van der Waals surface area contributed by atoms with Crippen molar-refractivity contribution in [1.82, 2.24) is 20.2 Å². The van der Waals surface area contributed by atoms with Gasteiger partial charge in [-0.25, -0.2) is 5.43 Å². The van der Waals surface area contributed by atoms with E-state index in [0.717, 1.165) is 22.2 Å². The van der Waals surface area contributed by atoms with E-state index in [0.29, 0.717) is 10.7 Å². The number of hydrazone groups is 1. The van der Waals surface area contributed by atoms with Gasteiger partial charge in [0.05, 0.1) is 22.6 Å². The van der Waals surface area contributed by atoms with Gasteiger partial charge in [0, 0.05) is 22.7 Å². The molecule has 0 aliphatic heterocycles. The molecule has 0 saturated carbocycles. The third-order valence-corrected chi connectivity index (χ3v) is 4.15. The summed E-state index contributed by atoms with van der Waals surface area (Å²) in [5.74, 6) is -0.261. The van der Waals surface area contributed by atoms with Crippen molar-refractivity contribution in [3.8, 4) is 0 Å². The van der Waals surface area contributed by atoms with Gasteiger partial charge in [-0.2, -0.15) is 10.2 Å². The van der Waals surface area contributed by atoms with E-state index in [2.05, 4.69) is 20.6 Å². The lowest BCUT2D eigenvalue weighted by Gasteiger charge is -2.02. The number of hydrogen-bond acceptors (Lipinski definition) is 3. The smallest absolute Gasteiger partial charge is 0.261 e. The third-order valence-electron chi connectivity index (χ3n) is 3.60. The minimum absolute atomic E-state index is 0.0740. The second-order valence-corrected chi connectivity index (χ2v) is 5.60. The first kappa shape index (κ1) is 15.3. The van der Waals surface area contributed by atoms with Crippen LogP contribution in [-0.2, 0) is 11.3 Å². The van der Waals surface area contributed by atoms with Gasteiger partial charge in [0.25, 0.3) is 5.91 Å². The topological polar surface area (TPSA) is 75.1 Å². The quantitative estimate of drug-likeness (QED) is 0.570. The van der Waals surface area contributed by atoms with Crippen molar-refractivity contribution in [1.29, 1.82) is 0 Å². The first-order valence-electron chi connectivity index (χ1n) is 7.14. The zero-order valence-electron chi connectivity index (χ0n) is 12.8. The maximum absolute atomic E-state index is 11.9. The van der Waals surface area contributed by atoms with Crippen LogP contribution < -0.4 is 5.43 Å². The average molecular weight is 330 g/mol. The number of halogens is 1. The Balaban J connectivity index is 1.65. The van der Waals surface area contributed by atoms with Crippen LogP contribution in [0.25, 0.3) is 10.9 Å². The largest absolute Gasteiger partial charge is 0.361 e. The number of nitrogens with zero attached hydrogens (tertiary/aromatic N) is 3. The Morgan fingerprint density at radius 1 is 1.43 bits per heavy atom. The third kappa shape index (κ3) is 3.12. The minimum Gasteiger partial charge on any atom is -0.361 e. The molecule has 0 bridgehead atoms. The standard InChI is InChI=1S/C16H16ClN5O/c1-10-16(17)11(2)22(21-10)9-15(23)20-19-8-12-7-18-14-6-4-3-5-13(12)14/h3-8,18H,9H2,1-2H3,(H,20,23). The number of fused-ring (bicyclic) bond motifs is 1. The number of carbonyl (C=O) groups excluding carboxylic acids is 1. The molecule has 118 valence electrons. The van der Waals surface area contributed by atoms with Crippen LogP contribution in [0.15, 0.2) is 35.6 Å². The van der Waals surface area contributed by atoms with Crippen molar-refractivity contribution in [2.24, 2.45) is 5.10 Å². The SMILES string of the molecule is Cc1nn(CC(=O)NN=Cc2c[nH]c3ccccc23)c(C)c1Cl. The molecule has 0 radical (unpaired) electrons. The molecule has 0 atom stereocenters. The van der Waals surface area contributed by atoms with Crippen LogP contribution >= 0.6 is 11.6 Å². The molecule has 0 unspecified atom stereocenters. The Bertz CT molecular complexity index is 893. The number of para-hydroxylation sites is 1. The fourth-order valence-corrected chi connectivity index (χ4v) is 2.51. The lowest BCUT2D eigenvalue weighted by Crippen LogP contribution is -2.24. The van der Waals surface area contributed by atoms with Gasteiger partial charge in [-0.1, -0.05) is 29.8 Å². The second kappa shape index (κ2) is 6.26. The second-order valence-electron chi connectivity index (χ2n) is 5.23. The van der Waals surface area contributed by atoms with Gasteiger partial charge in [0.15, 0.2) is 0 Å². The molecule has 0 aliphatic rings. The van der Waals surface area contributed by atoms with E-state index >= 15 is 0 Å². The number of nitrogens with one attached hydrogen (secondary N) is 2. The molecule has 6 nitrogen and oxygen atoms in total. The van der Waals surface area contributed by atoms with E-state index in [1.54, 1.807) is 17.8 Å². The molecule has 0 spiro atoms. The average Bonchev–Trinajstić information content (AvgIpc) is 3.05. The molecule has 0 saturated heterocycles. The van der Waals surface area contributed by atoms with E-state index in [4.69, 9.17) is 11.6 Å². The van der Waals surface area contributed by atoms with Gasteiger partial charge in [-0.05, 0) is 19.9 Å². The van der Waals surface area contributed by atoms with Crippen molar-refractivity contribution in [3.63, 3.8) is 0 Å². The van der Waals surface area contributed by atoms with Gasteiger partial charge >= 0.3 is 0 Å². The normalized spacial score (nSPS) is 11.4. The summed E-state index contributed by atoms with van der Waals surface area (Å²) in [4.78, 5) is 15.1. The maximum atomic E-state index is 11.9. The van der Waals surface area contributed by atoms with Crippen LogP contribution in [0.1, 0.15) is 17.0 Å². The van der Waals surface area contributed by atoms with Crippen molar-refractivity contribution in [3.05, 3.63) is 52.4 Å². The first-order chi connectivity index (χ1) is 11.1. The summed E-state index contributed by atoms with van der Waals surface area (Å²) in [6.07, 6.45) is 3.46. The summed E-state index contributed by atoms with van der Waals surface area (Å²) in [6.45, 7) is 3.70. The van der Waals surface area contributed by atoms with E-state index in [1.807, 2.05) is 37.4 Å². The van der Waals surface area contributed by atoms with Crippen molar-refractivity contribution in [2.45, 2.75) is 20.4 Å². The Morgan fingerprint density at radius 2 is 2.22 bits per heavy atom. The number of amides is 1. The number of aromatic nitrogens is 3. The molecule has 7 heteroatoms. The van der Waals surface area contributed by atoms with E-state index in [-0.39, 0.29) is 12.5 Å². The molecule has 3 aromatic rings. The van der Waals surface area contributed by atoms with Crippen molar-refractivity contribution in [2.75, 3.05) is 0 Å². The monoisotopic (exact) mass is 329 g/mol. The number of aromatic amines is 1. The van der Waals surface area contributed by atoms with Crippen LogP contribution in [0.2, 0.25) is 5.02 Å². The predicted molar refractivity (Wildman–Crippen MR) is 90.7 cm³/mol. The zero-order chi connectivity index (χ0) is 16.4. The molecular weight excluding hydrogens is 314 g/mol. The summed E-state index contributed by atoms with van der Waals surface area (Å²) >= 11 is 6.06. The van der Waals surface area contributed by atoms with Crippen LogP contribution in [0.4, 0.5) is 0 Å². The zero-order valence-corrected chi connectivity index (χ0v) is 13.6. The number of rotatable bonds is 4. The number of H-pyrrole nitrogens is 1. The molecule has 3 rings (SSSR count). The van der Waals surface area contributed by atoms with Crippen molar-refractivity contribution < 1.29 is 4.79 Å². The fraction of sp³-hybridized carbons (Fsp3) is 0.188. The molecule has 2 heterocycles. The molecule has 23 heavy (non-hydrogen) atoms. The Hall–Kier alpha value is -2.60. The highest BCUT2D eigenvalue weighted by Crippen LogP contribution is 2.18. The van der Waals surface area contributed by atoms with Crippen LogP contribution in [0.3, 0.4) is 0 Å². The highest BCUT2D eigenvalue weighted by molar-refractivity contribution is 6.31. The first-order valence-corrected chi connectivity index (χ1v) is 7.51.